The van der Waals surface area contributed by atoms with Crippen LogP contribution in [0.3, 0.4) is 0 Å². The number of nitrogens with one attached hydrogen (secondary N) is 1. The lowest BCUT2D eigenvalue weighted by atomic mass is 10.1. The third-order valence-corrected chi connectivity index (χ3v) is 3.64. The van der Waals surface area contributed by atoms with Crippen molar-refractivity contribution in [3.63, 3.8) is 0 Å². The number of alkyl halides is 2. The van der Waals surface area contributed by atoms with Crippen LogP contribution in [0, 0.1) is 6.92 Å². The Hall–Kier alpha value is -2.05. The van der Waals surface area contributed by atoms with Crippen molar-refractivity contribution in [3.05, 3.63) is 23.7 Å². The highest BCUT2D eigenvalue weighted by molar-refractivity contribution is 5.62. The Bertz CT molecular complexity index is 639. The van der Waals surface area contributed by atoms with Crippen molar-refractivity contribution in [2.75, 3.05) is 5.32 Å². The van der Waals surface area contributed by atoms with Gasteiger partial charge in [-0.2, -0.15) is 5.10 Å². The molecule has 5 nitrogen and oxygen atoms in total. The minimum atomic E-state index is -2.64. The van der Waals surface area contributed by atoms with Crippen LogP contribution in [0.1, 0.15) is 45.0 Å². The summed E-state index contributed by atoms with van der Waals surface area (Å²) in [4.78, 5) is 8.28. The second-order valence-electron chi connectivity index (χ2n) is 5.22. The van der Waals surface area contributed by atoms with Crippen LogP contribution in [0.25, 0.3) is 11.3 Å². The van der Waals surface area contributed by atoms with Crippen LogP contribution in [-0.4, -0.2) is 25.8 Å². The van der Waals surface area contributed by atoms with Crippen molar-refractivity contribution < 1.29 is 8.78 Å². The van der Waals surface area contributed by atoms with Crippen LogP contribution in [0.15, 0.2) is 12.3 Å². The normalized spacial score (nSPS) is 12.7. The molecule has 2 aromatic rings. The molecule has 0 amide bonds. The van der Waals surface area contributed by atoms with Gasteiger partial charge >= 0.3 is 0 Å². The zero-order chi connectivity index (χ0) is 16.3. The summed E-state index contributed by atoms with van der Waals surface area (Å²) in [7, 11) is 0. The molecule has 0 fully saturated rings. The highest BCUT2D eigenvalue weighted by Gasteiger charge is 2.17. The predicted molar refractivity (Wildman–Crippen MR) is 82.0 cm³/mol. The van der Waals surface area contributed by atoms with E-state index in [1.54, 1.807) is 10.9 Å². The molecule has 2 heterocycles. The van der Waals surface area contributed by atoms with Crippen LogP contribution < -0.4 is 5.32 Å². The first-order chi connectivity index (χ1) is 10.5. The number of nitrogens with zero attached hydrogens (tertiary/aromatic N) is 4. The summed E-state index contributed by atoms with van der Waals surface area (Å²) in [5, 5.41) is 7.29. The molecular weight excluding hydrogens is 288 g/mol. The maximum Gasteiger partial charge on any atom is 0.280 e. The van der Waals surface area contributed by atoms with Crippen LogP contribution in [-0.2, 0) is 6.54 Å². The summed E-state index contributed by atoms with van der Waals surface area (Å²) in [6.07, 6.45) is -0.130. The van der Waals surface area contributed by atoms with Crippen molar-refractivity contribution in [2.45, 2.75) is 53.1 Å². The molecule has 0 aliphatic carbocycles. The fraction of sp³-hybridized carbons (Fsp3) is 0.533. The van der Waals surface area contributed by atoms with Gasteiger partial charge in [-0.15, -0.1) is 0 Å². The minimum Gasteiger partial charge on any atom is -0.352 e. The Balaban J connectivity index is 2.47. The molecule has 0 aromatic carbocycles. The molecular formula is C15H21F2N5. The zero-order valence-corrected chi connectivity index (χ0v) is 13.3. The average Bonchev–Trinajstić information content (AvgIpc) is 2.87. The lowest BCUT2D eigenvalue weighted by Gasteiger charge is -2.13. The Morgan fingerprint density at radius 3 is 2.55 bits per heavy atom. The van der Waals surface area contributed by atoms with Gasteiger partial charge in [-0.05, 0) is 33.3 Å². The molecule has 0 bridgehead atoms. The summed E-state index contributed by atoms with van der Waals surface area (Å²) >= 11 is 0. The minimum absolute atomic E-state index is 0.111. The highest BCUT2D eigenvalue weighted by Crippen LogP contribution is 2.26. The topological polar surface area (TPSA) is 55.6 Å². The Kier molecular flexibility index (Phi) is 5.05. The first-order valence-electron chi connectivity index (χ1n) is 7.42. The van der Waals surface area contributed by atoms with Gasteiger partial charge in [-0.3, -0.25) is 4.68 Å². The van der Waals surface area contributed by atoms with Gasteiger partial charge in [0.2, 0.25) is 5.95 Å². The summed E-state index contributed by atoms with van der Waals surface area (Å²) in [6, 6.07) is 1.44. The van der Waals surface area contributed by atoms with Gasteiger partial charge in [0.1, 0.15) is 5.69 Å². The molecule has 0 saturated heterocycles. The molecule has 7 heteroatoms. The van der Waals surface area contributed by atoms with Crippen molar-refractivity contribution in [1.82, 2.24) is 19.7 Å². The molecule has 2 aromatic heterocycles. The first kappa shape index (κ1) is 16.3. The number of anilines is 1. The molecule has 0 radical (unpaired) electrons. The van der Waals surface area contributed by atoms with E-state index >= 15 is 0 Å². The van der Waals surface area contributed by atoms with E-state index in [-0.39, 0.29) is 17.7 Å². The zero-order valence-electron chi connectivity index (χ0n) is 13.3. The maximum absolute atomic E-state index is 13.1. The van der Waals surface area contributed by atoms with Crippen LogP contribution in [0.5, 0.6) is 0 Å². The second-order valence-corrected chi connectivity index (χ2v) is 5.22. The number of halogens is 2. The van der Waals surface area contributed by atoms with E-state index in [1.165, 1.54) is 6.07 Å². The van der Waals surface area contributed by atoms with Gasteiger partial charge in [-0.1, -0.05) is 6.92 Å². The molecule has 1 N–H and O–H groups in total. The molecule has 0 saturated carbocycles. The second kappa shape index (κ2) is 6.81. The van der Waals surface area contributed by atoms with E-state index in [9.17, 15) is 8.78 Å². The molecule has 0 spiro atoms. The van der Waals surface area contributed by atoms with Gasteiger partial charge in [0.25, 0.3) is 6.43 Å². The van der Waals surface area contributed by atoms with Gasteiger partial charge in [0.05, 0.1) is 11.9 Å². The third-order valence-electron chi connectivity index (χ3n) is 3.64. The fourth-order valence-electron chi connectivity index (χ4n) is 2.12. The van der Waals surface area contributed by atoms with Crippen LogP contribution >= 0.6 is 0 Å². The van der Waals surface area contributed by atoms with Gasteiger partial charge in [0, 0.05) is 23.8 Å². The number of aromatic nitrogens is 4. The van der Waals surface area contributed by atoms with E-state index in [0.717, 1.165) is 24.2 Å². The van der Waals surface area contributed by atoms with Crippen molar-refractivity contribution in [3.8, 4) is 11.3 Å². The van der Waals surface area contributed by atoms with Gasteiger partial charge < -0.3 is 5.32 Å². The smallest absolute Gasteiger partial charge is 0.280 e. The molecule has 1 atom stereocenters. The van der Waals surface area contributed by atoms with Crippen LogP contribution in [0.4, 0.5) is 14.7 Å². The molecule has 120 valence electrons. The van der Waals surface area contributed by atoms with Crippen LogP contribution in [0.2, 0.25) is 0 Å². The molecule has 22 heavy (non-hydrogen) atoms. The lowest BCUT2D eigenvalue weighted by Crippen LogP contribution is -2.16. The monoisotopic (exact) mass is 309 g/mol. The fourth-order valence-corrected chi connectivity index (χ4v) is 2.12. The number of hydrogen-bond donors (Lipinski definition) is 1. The van der Waals surface area contributed by atoms with Crippen molar-refractivity contribution in [1.29, 1.82) is 0 Å². The number of hydrogen-bond acceptors (Lipinski definition) is 4. The maximum atomic E-state index is 13.1. The molecule has 2 rings (SSSR count). The molecule has 0 aliphatic rings. The standard InChI is InChI=1S/C15H21F2N5/c1-5-9(3)19-15-20-12(7-13(21-15)14(16)17)11-8-18-22(6-2)10(11)4/h7-9,14H,5-6H2,1-4H3,(H,19,20,21)/t9-/m0/s1. The highest BCUT2D eigenvalue weighted by atomic mass is 19.3. The largest absolute Gasteiger partial charge is 0.352 e. The Morgan fingerprint density at radius 1 is 1.27 bits per heavy atom. The lowest BCUT2D eigenvalue weighted by molar-refractivity contribution is 0.146. The predicted octanol–water partition coefficient (Wildman–Crippen LogP) is 3.82. The van der Waals surface area contributed by atoms with Gasteiger partial charge in [-0.25, -0.2) is 18.7 Å². The van der Waals surface area contributed by atoms with E-state index < -0.39 is 6.43 Å². The first-order valence-corrected chi connectivity index (χ1v) is 7.42. The number of aryl methyl sites for hydroxylation is 1. The molecule has 0 unspecified atom stereocenters. The Morgan fingerprint density at radius 2 is 2.00 bits per heavy atom. The summed E-state index contributed by atoms with van der Waals surface area (Å²) in [5.41, 5.74) is 1.84. The number of rotatable bonds is 6. The third kappa shape index (κ3) is 3.40. The Labute approximate surface area is 128 Å². The summed E-state index contributed by atoms with van der Waals surface area (Å²) in [5.74, 6) is 0.228. The van der Waals surface area contributed by atoms with Gasteiger partial charge in [0.15, 0.2) is 0 Å². The summed E-state index contributed by atoms with van der Waals surface area (Å²) in [6.45, 7) is 8.56. The van der Waals surface area contributed by atoms with E-state index in [2.05, 4.69) is 20.4 Å². The molecule has 0 aliphatic heterocycles. The quantitative estimate of drug-likeness (QED) is 0.881. The van der Waals surface area contributed by atoms with Crippen molar-refractivity contribution in [2.24, 2.45) is 0 Å². The van der Waals surface area contributed by atoms with E-state index in [1.807, 2.05) is 27.7 Å². The van der Waals surface area contributed by atoms with E-state index in [4.69, 9.17) is 0 Å². The summed E-state index contributed by atoms with van der Waals surface area (Å²) < 4.78 is 28.0. The van der Waals surface area contributed by atoms with E-state index in [0.29, 0.717) is 5.69 Å². The average molecular weight is 309 g/mol. The van der Waals surface area contributed by atoms with Crippen molar-refractivity contribution >= 4 is 5.95 Å². The SMILES string of the molecule is CC[C@H](C)Nc1nc(-c2cnn(CC)c2C)cc(C(F)F)n1.